The molecule has 0 spiro atoms. The molecule has 1 heterocycles. The molecule has 1 aromatic carbocycles. The van der Waals surface area contributed by atoms with Gasteiger partial charge in [0, 0.05) is 26.6 Å². The third-order valence-corrected chi connectivity index (χ3v) is 3.34. The topological polar surface area (TPSA) is 30.5 Å². The van der Waals surface area contributed by atoms with Gasteiger partial charge in [0.2, 0.25) is 0 Å². The van der Waals surface area contributed by atoms with Gasteiger partial charge in [0.15, 0.2) is 0 Å². The Morgan fingerprint density at radius 3 is 2.56 bits per heavy atom. The molecule has 3 nitrogen and oxygen atoms in total. The van der Waals surface area contributed by atoms with Crippen LogP contribution >= 0.6 is 0 Å². The highest BCUT2D eigenvalue weighted by Gasteiger charge is 2.37. The van der Waals surface area contributed by atoms with E-state index in [4.69, 9.17) is 9.47 Å². The van der Waals surface area contributed by atoms with Gasteiger partial charge in [-0.25, -0.2) is 0 Å². The molecular weight excluding hydrogens is 202 g/mol. The molecule has 0 amide bonds. The summed E-state index contributed by atoms with van der Waals surface area (Å²) in [6.45, 7) is 3.90. The van der Waals surface area contributed by atoms with Crippen LogP contribution in [0.2, 0.25) is 0 Å². The van der Waals surface area contributed by atoms with Crippen molar-refractivity contribution in [1.29, 1.82) is 0 Å². The summed E-state index contributed by atoms with van der Waals surface area (Å²) in [5.74, 6) is 0.992. The molecule has 1 fully saturated rings. The van der Waals surface area contributed by atoms with Crippen LogP contribution in [-0.4, -0.2) is 32.9 Å². The lowest BCUT2D eigenvalue weighted by Crippen LogP contribution is -2.61. The number of hydrogen-bond acceptors (Lipinski definition) is 3. The zero-order chi connectivity index (χ0) is 11.6. The number of para-hydroxylation sites is 1. The van der Waals surface area contributed by atoms with Gasteiger partial charge in [-0.05, 0) is 18.1 Å². The Kier molecular flexibility index (Phi) is 3.17. The number of methoxy groups -OCH3 is 2. The number of ether oxygens (including phenoxy) is 2. The molecule has 88 valence electrons. The van der Waals surface area contributed by atoms with Crippen LogP contribution in [0.25, 0.3) is 0 Å². The molecule has 3 heteroatoms. The van der Waals surface area contributed by atoms with Crippen molar-refractivity contribution >= 4 is 0 Å². The van der Waals surface area contributed by atoms with Gasteiger partial charge < -0.3 is 14.8 Å². The summed E-state index contributed by atoms with van der Waals surface area (Å²) in [6, 6.07) is 6.26. The van der Waals surface area contributed by atoms with Gasteiger partial charge in [-0.3, -0.25) is 0 Å². The molecule has 1 aromatic rings. The van der Waals surface area contributed by atoms with E-state index in [-0.39, 0.29) is 5.60 Å². The zero-order valence-electron chi connectivity index (χ0n) is 10.2. The summed E-state index contributed by atoms with van der Waals surface area (Å²) in [4.78, 5) is 0. The Morgan fingerprint density at radius 1 is 1.31 bits per heavy atom. The van der Waals surface area contributed by atoms with Gasteiger partial charge in [-0.2, -0.15) is 0 Å². The van der Waals surface area contributed by atoms with Crippen molar-refractivity contribution in [2.24, 2.45) is 0 Å². The van der Waals surface area contributed by atoms with Crippen LogP contribution in [0.15, 0.2) is 18.2 Å². The molecule has 0 saturated carbocycles. The van der Waals surface area contributed by atoms with E-state index in [1.54, 1.807) is 14.2 Å². The molecule has 2 rings (SSSR count). The molecule has 1 aliphatic rings. The van der Waals surface area contributed by atoms with Gasteiger partial charge in [-0.15, -0.1) is 0 Å². The second kappa shape index (κ2) is 4.44. The fourth-order valence-corrected chi connectivity index (χ4v) is 2.24. The number of rotatable bonds is 4. The summed E-state index contributed by atoms with van der Waals surface area (Å²) < 4.78 is 11.1. The van der Waals surface area contributed by atoms with Crippen LogP contribution in [0, 0.1) is 6.92 Å². The molecule has 1 aliphatic heterocycles. The normalized spacial score (nSPS) is 17.9. The maximum atomic E-state index is 5.60. The average Bonchev–Trinajstić information content (AvgIpc) is 2.23. The molecule has 0 aromatic heterocycles. The van der Waals surface area contributed by atoms with Crippen LogP contribution in [0.5, 0.6) is 5.75 Å². The van der Waals surface area contributed by atoms with E-state index in [0.29, 0.717) is 0 Å². The molecule has 1 N–H and O–H groups in total. The quantitative estimate of drug-likeness (QED) is 0.836. The van der Waals surface area contributed by atoms with Crippen LogP contribution in [-0.2, 0) is 11.2 Å². The maximum Gasteiger partial charge on any atom is 0.125 e. The lowest BCUT2D eigenvalue weighted by molar-refractivity contribution is -0.0505. The summed E-state index contributed by atoms with van der Waals surface area (Å²) in [5.41, 5.74) is 2.37. The Labute approximate surface area is 96.8 Å². The predicted molar refractivity (Wildman–Crippen MR) is 64.0 cm³/mol. The summed E-state index contributed by atoms with van der Waals surface area (Å²) in [7, 11) is 3.51. The monoisotopic (exact) mass is 221 g/mol. The lowest BCUT2D eigenvalue weighted by atomic mass is 9.88. The van der Waals surface area contributed by atoms with Crippen LogP contribution in [0.1, 0.15) is 11.1 Å². The summed E-state index contributed by atoms with van der Waals surface area (Å²) in [6.07, 6.45) is 0.904. The molecule has 0 atom stereocenters. The maximum absolute atomic E-state index is 5.60. The SMILES string of the molecule is COc1c(C)cccc1CC1(OC)CNC1. The second-order valence-corrected chi connectivity index (χ2v) is 4.43. The van der Waals surface area contributed by atoms with E-state index >= 15 is 0 Å². The number of aryl methyl sites for hydroxylation is 1. The van der Waals surface area contributed by atoms with Crippen LogP contribution in [0.3, 0.4) is 0 Å². The first kappa shape index (κ1) is 11.4. The van der Waals surface area contributed by atoms with Crippen molar-refractivity contribution in [3.8, 4) is 5.75 Å². The smallest absolute Gasteiger partial charge is 0.125 e. The summed E-state index contributed by atoms with van der Waals surface area (Å²) in [5, 5.41) is 3.26. The van der Waals surface area contributed by atoms with E-state index in [2.05, 4.69) is 30.4 Å². The van der Waals surface area contributed by atoms with Gasteiger partial charge in [-0.1, -0.05) is 18.2 Å². The van der Waals surface area contributed by atoms with Crippen LogP contribution in [0.4, 0.5) is 0 Å². The van der Waals surface area contributed by atoms with E-state index in [1.165, 1.54) is 11.1 Å². The summed E-state index contributed by atoms with van der Waals surface area (Å²) >= 11 is 0. The minimum Gasteiger partial charge on any atom is -0.496 e. The Morgan fingerprint density at radius 2 is 2.06 bits per heavy atom. The largest absolute Gasteiger partial charge is 0.496 e. The zero-order valence-corrected chi connectivity index (χ0v) is 10.2. The van der Waals surface area contributed by atoms with Crippen molar-refractivity contribution < 1.29 is 9.47 Å². The second-order valence-electron chi connectivity index (χ2n) is 4.43. The highest BCUT2D eigenvalue weighted by atomic mass is 16.5. The number of hydrogen-bond donors (Lipinski definition) is 1. The fraction of sp³-hybridized carbons (Fsp3) is 0.538. The minimum atomic E-state index is -0.0406. The van der Waals surface area contributed by atoms with Crippen molar-refractivity contribution in [2.75, 3.05) is 27.3 Å². The Balaban J connectivity index is 2.23. The van der Waals surface area contributed by atoms with Crippen molar-refractivity contribution in [3.05, 3.63) is 29.3 Å². The third-order valence-electron chi connectivity index (χ3n) is 3.34. The van der Waals surface area contributed by atoms with E-state index in [0.717, 1.165) is 25.3 Å². The predicted octanol–water partition coefficient (Wildman–Crippen LogP) is 1.53. The van der Waals surface area contributed by atoms with Crippen molar-refractivity contribution in [1.82, 2.24) is 5.32 Å². The highest BCUT2D eigenvalue weighted by molar-refractivity contribution is 5.41. The minimum absolute atomic E-state index is 0.0406. The van der Waals surface area contributed by atoms with Gasteiger partial charge in [0.25, 0.3) is 0 Å². The van der Waals surface area contributed by atoms with E-state index in [1.807, 2.05) is 0 Å². The van der Waals surface area contributed by atoms with Gasteiger partial charge in [0.05, 0.1) is 12.7 Å². The molecular formula is C13H19NO2. The third kappa shape index (κ3) is 1.93. The molecule has 0 unspecified atom stereocenters. The molecule has 0 aliphatic carbocycles. The van der Waals surface area contributed by atoms with Gasteiger partial charge >= 0.3 is 0 Å². The van der Waals surface area contributed by atoms with E-state index < -0.39 is 0 Å². The standard InChI is InChI=1S/C13H19NO2/c1-10-5-4-6-11(12(10)15-2)7-13(16-3)8-14-9-13/h4-6,14H,7-9H2,1-3H3. The number of benzene rings is 1. The average molecular weight is 221 g/mol. The van der Waals surface area contributed by atoms with Crippen LogP contribution < -0.4 is 10.1 Å². The first-order chi connectivity index (χ1) is 7.71. The first-order valence-electron chi connectivity index (χ1n) is 5.59. The van der Waals surface area contributed by atoms with Crippen molar-refractivity contribution in [3.63, 3.8) is 0 Å². The highest BCUT2D eigenvalue weighted by Crippen LogP contribution is 2.29. The molecule has 0 radical (unpaired) electrons. The Bertz CT molecular complexity index is 367. The van der Waals surface area contributed by atoms with Gasteiger partial charge in [0.1, 0.15) is 5.75 Å². The number of nitrogens with one attached hydrogen (secondary N) is 1. The molecule has 0 bridgehead atoms. The lowest BCUT2D eigenvalue weighted by Gasteiger charge is -2.41. The molecule has 1 saturated heterocycles. The first-order valence-corrected chi connectivity index (χ1v) is 5.59. The fourth-order valence-electron chi connectivity index (χ4n) is 2.24. The Hall–Kier alpha value is -1.06. The molecule has 16 heavy (non-hydrogen) atoms. The van der Waals surface area contributed by atoms with Crippen molar-refractivity contribution in [2.45, 2.75) is 18.9 Å². The van der Waals surface area contributed by atoms with E-state index in [9.17, 15) is 0 Å².